The number of benzene rings is 2. The highest BCUT2D eigenvalue weighted by Gasteiger charge is 2.14. The van der Waals surface area contributed by atoms with Gasteiger partial charge < -0.3 is 14.9 Å². The van der Waals surface area contributed by atoms with Crippen molar-refractivity contribution in [3.63, 3.8) is 0 Å². The van der Waals surface area contributed by atoms with Crippen molar-refractivity contribution in [3.05, 3.63) is 65.7 Å². The number of carbonyl (C=O) groups is 2. The molecule has 0 bridgehead atoms. The molecule has 0 saturated carbocycles. The number of amides is 1. The highest BCUT2D eigenvalue weighted by atomic mass is 16.5. The van der Waals surface area contributed by atoms with Crippen molar-refractivity contribution < 1.29 is 24.5 Å². The quantitative estimate of drug-likeness (QED) is 0.736. The number of hydrogen-bond acceptors (Lipinski definition) is 4. The molecule has 3 N–H and O–H groups in total. The van der Waals surface area contributed by atoms with Crippen LogP contribution in [0.2, 0.25) is 0 Å². The second-order valence-corrected chi connectivity index (χ2v) is 4.54. The van der Waals surface area contributed by atoms with E-state index >= 15 is 0 Å². The zero-order valence-corrected chi connectivity index (χ0v) is 12.1. The third kappa shape index (κ3) is 4.60. The summed E-state index contributed by atoms with van der Waals surface area (Å²) in [5.41, 5.74) is 0.650. The van der Waals surface area contributed by atoms with E-state index in [1.165, 1.54) is 18.2 Å². The number of aromatic carboxylic acids is 1. The van der Waals surface area contributed by atoms with E-state index in [1.807, 2.05) is 30.3 Å². The molecule has 0 aliphatic heterocycles. The summed E-state index contributed by atoms with van der Waals surface area (Å²) in [5.74, 6) is -1.80. The van der Waals surface area contributed by atoms with E-state index in [4.69, 9.17) is 9.84 Å². The molecule has 23 heavy (non-hydrogen) atoms. The molecule has 118 valence electrons. The molecule has 0 aromatic heterocycles. The second-order valence-electron chi connectivity index (χ2n) is 4.54. The molecule has 6 nitrogen and oxygen atoms in total. The standard InChI is InChI=1S/C17H15NO5/c19-15-13(16(20)21)9-4-10-14(15)18-17(22)23-11-5-8-12-6-2-1-3-7-12/h1-10,19H,11H2,(H,18,22)(H,20,21). The summed E-state index contributed by atoms with van der Waals surface area (Å²) in [6.45, 7) is 0.0418. The number of nitrogens with one attached hydrogen (secondary N) is 1. The highest BCUT2D eigenvalue weighted by molar-refractivity contribution is 5.96. The lowest BCUT2D eigenvalue weighted by Gasteiger charge is -2.08. The van der Waals surface area contributed by atoms with Crippen molar-refractivity contribution in [2.45, 2.75) is 0 Å². The molecule has 0 aliphatic rings. The number of para-hydroxylation sites is 1. The number of carboxylic acids is 1. The number of rotatable bonds is 5. The summed E-state index contributed by atoms with van der Waals surface area (Å²) in [4.78, 5) is 22.5. The Morgan fingerprint density at radius 1 is 1.09 bits per heavy atom. The topological polar surface area (TPSA) is 95.9 Å². The first-order valence-corrected chi connectivity index (χ1v) is 6.78. The van der Waals surface area contributed by atoms with Gasteiger partial charge in [0.25, 0.3) is 0 Å². The fourth-order valence-electron chi connectivity index (χ4n) is 1.84. The van der Waals surface area contributed by atoms with Gasteiger partial charge >= 0.3 is 12.1 Å². The van der Waals surface area contributed by atoms with Gasteiger partial charge in [0.15, 0.2) is 5.75 Å². The van der Waals surface area contributed by atoms with Crippen LogP contribution in [0, 0.1) is 0 Å². The lowest BCUT2D eigenvalue weighted by atomic mass is 10.2. The molecule has 1 amide bonds. The third-order valence-electron chi connectivity index (χ3n) is 2.92. The van der Waals surface area contributed by atoms with Gasteiger partial charge in [0.2, 0.25) is 0 Å². The number of carboxylic acid groups (broad SMARTS) is 1. The predicted octanol–water partition coefficient (Wildman–Crippen LogP) is 3.35. The lowest BCUT2D eigenvalue weighted by molar-refractivity contribution is 0.0693. The lowest BCUT2D eigenvalue weighted by Crippen LogP contribution is -2.14. The van der Waals surface area contributed by atoms with Crippen molar-refractivity contribution >= 4 is 23.8 Å². The van der Waals surface area contributed by atoms with Crippen molar-refractivity contribution in [1.82, 2.24) is 0 Å². The van der Waals surface area contributed by atoms with E-state index in [1.54, 1.807) is 12.2 Å². The predicted molar refractivity (Wildman–Crippen MR) is 85.5 cm³/mol. The van der Waals surface area contributed by atoms with E-state index in [9.17, 15) is 14.7 Å². The second kappa shape index (κ2) is 7.65. The van der Waals surface area contributed by atoms with Crippen LogP contribution < -0.4 is 5.32 Å². The minimum atomic E-state index is -1.29. The van der Waals surface area contributed by atoms with Gasteiger partial charge in [-0.25, -0.2) is 9.59 Å². The monoisotopic (exact) mass is 313 g/mol. The summed E-state index contributed by atoms with van der Waals surface area (Å²) in [6.07, 6.45) is 2.68. The van der Waals surface area contributed by atoms with E-state index in [0.29, 0.717) is 0 Å². The molecular formula is C17H15NO5. The zero-order valence-electron chi connectivity index (χ0n) is 12.1. The Hall–Kier alpha value is -3.28. The molecule has 0 aliphatic carbocycles. The zero-order chi connectivity index (χ0) is 16.7. The van der Waals surface area contributed by atoms with Gasteiger partial charge in [-0.2, -0.15) is 0 Å². The molecular weight excluding hydrogens is 298 g/mol. The van der Waals surface area contributed by atoms with Gasteiger partial charge in [-0.05, 0) is 23.8 Å². The molecule has 6 heteroatoms. The van der Waals surface area contributed by atoms with Crippen LogP contribution in [0.15, 0.2) is 54.6 Å². The maximum Gasteiger partial charge on any atom is 0.412 e. The van der Waals surface area contributed by atoms with Crippen molar-refractivity contribution in [3.8, 4) is 5.75 Å². The summed E-state index contributed by atoms with van der Waals surface area (Å²) in [6, 6.07) is 13.5. The smallest absolute Gasteiger partial charge is 0.412 e. The first-order valence-electron chi connectivity index (χ1n) is 6.78. The van der Waals surface area contributed by atoms with Gasteiger partial charge in [-0.3, -0.25) is 5.32 Å². The SMILES string of the molecule is O=C(Nc1cccc(C(=O)O)c1O)OCC=Cc1ccccc1. The van der Waals surface area contributed by atoms with Crippen LogP contribution in [0.5, 0.6) is 5.75 Å². The highest BCUT2D eigenvalue weighted by Crippen LogP contribution is 2.27. The van der Waals surface area contributed by atoms with E-state index in [0.717, 1.165) is 5.56 Å². The molecule has 0 heterocycles. The summed E-state index contributed by atoms with van der Waals surface area (Å²) < 4.78 is 4.93. The molecule has 2 aromatic rings. The van der Waals surface area contributed by atoms with E-state index < -0.39 is 17.8 Å². The maximum absolute atomic E-state index is 11.6. The van der Waals surface area contributed by atoms with Gasteiger partial charge in [0, 0.05) is 0 Å². The first kappa shape index (κ1) is 16.1. The molecule has 0 unspecified atom stereocenters. The molecule has 0 spiro atoms. The van der Waals surface area contributed by atoms with Crippen molar-refractivity contribution in [2.75, 3.05) is 11.9 Å². The first-order chi connectivity index (χ1) is 11.1. The van der Waals surface area contributed by atoms with Gasteiger partial charge in [-0.15, -0.1) is 0 Å². The summed E-state index contributed by atoms with van der Waals surface area (Å²) >= 11 is 0. The molecule has 2 aromatic carbocycles. The van der Waals surface area contributed by atoms with Crippen LogP contribution in [-0.4, -0.2) is 28.9 Å². The number of anilines is 1. The average Bonchev–Trinajstić information content (AvgIpc) is 2.54. The number of aromatic hydroxyl groups is 1. The number of carbonyl (C=O) groups excluding carboxylic acids is 1. The minimum absolute atomic E-state index is 0.0260. The summed E-state index contributed by atoms with van der Waals surface area (Å²) in [7, 11) is 0. The molecule has 2 rings (SSSR count). The van der Waals surface area contributed by atoms with Crippen LogP contribution >= 0.6 is 0 Å². The van der Waals surface area contributed by atoms with Crippen LogP contribution in [0.25, 0.3) is 6.08 Å². The Labute approximate surface area is 132 Å². The van der Waals surface area contributed by atoms with Crippen molar-refractivity contribution in [2.24, 2.45) is 0 Å². The molecule has 0 radical (unpaired) electrons. The van der Waals surface area contributed by atoms with Crippen LogP contribution in [0.4, 0.5) is 10.5 Å². The minimum Gasteiger partial charge on any atom is -0.505 e. The van der Waals surface area contributed by atoms with Crippen LogP contribution in [-0.2, 0) is 4.74 Å². The van der Waals surface area contributed by atoms with Gasteiger partial charge in [0.1, 0.15) is 12.2 Å². The van der Waals surface area contributed by atoms with Crippen LogP contribution in [0.1, 0.15) is 15.9 Å². The Balaban J connectivity index is 1.89. The Morgan fingerprint density at radius 2 is 1.83 bits per heavy atom. The fraction of sp³-hybridized carbons (Fsp3) is 0.0588. The summed E-state index contributed by atoms with van der Waals surface area (Å²) in [5, 5.41) is 21.0. The number of hydrogen-bond donors (Lipinski definition) is 3. The maximum atomic E-state index is 11.6. The normalized spacial score (nSPS) is 10.4. The molecule has 0 fully saturated rings. The fourth-order valence-corrected chi connectivity index (χ4v) is 1.84. The van der Waals surface area contributed by atoms with E-state index in [-0.39, 0.29) is 17.9 Å². The average molecular weight is 313 g/mol. The number of ether oxygens (including phenoxy) is 1. The van der Waals surface area contributed by atoms with Gasteiger partial charge in [0.05, 0.1) is 5.69 Å². The number of phenols is 1. The Kier molecular flexibility index (Phi) is 5.35. The largest absolute Gasteiger partial charge is 0.505 e. The van der Waals surface area contributed by atoms with E-state index in [2.05, 4.69) is 5.32 Å². The molecule has 0 saturated heterocycles. The van der Waals surface area contributed by atoms with Gasteiger partial charge in [-0.1, -0.05) is 42.5 Å². The van der Waals surface area contributed by atoms with Crippen molar-refractivity contribution in [1.29, 1.82) is 0 Å². The Morgan fingerprint density at radius 3 is 2.52 bits per heavy atom. The molecule has 0 atom stereocenters. The van der Waals surface area contributed by atoms with Crippen LogP contribution in [0.3, 0.4) is 0 Å². The third-order valence-corrected chi connectivity index (χ3v) is 2.92. The Bertz CT molecular complexity index is 725.